The number of imide groups is 1. The first kappa shape index (κ1) is 21.9. The van der Waals surface area contributed by atoms with Gasteiger partial charge in [0.25, 0.3) is 5.91 Å². The van der Waals surface area contributed by atoms with E-state index in [9.17, 15) is 19.2 Å². The Kier molecular flexibility index (Phi) is 6.21. The van der Waals surface area contributed by atoms with E-state index >= 15 is 0 Å². The van der Waals surface area contributed by atoms with E-state index in [1.165, 1.54) is 12.1 Å². The first-order chi connectivity index (χ1) is 15.3. The molecule has 0 bridgehead atoms. The van der Waals surface area contributed by atoms with Gasteiger partial charge in [-0.3, -0.25) is 24.1 Å². The number of carbonyl (C=O) groups excluding carboxylic acids is 4. The smallest absolute Gasteiger partial charge is 0.255 e. The van der Waals surface area contributed by atoms with Crippen molar-refractivity contribution in [1.82, 2.24) is 0 Å². The normalized spacial score (nSPS) is 13.4. The number of carbonyl (C=O) groups is 4. The minimum absolute atomic E-state index is 0.187. The third-order valence-electron chi connectivity index (χ3n) is 5.03. The van der Waals surface area contributed by atoms with E-state index in [0.717, 1.165) is 4.90 Å². The molecule has 0 saturated carbocycles. The highest BCUT2D eigenvalue weighted by molar-refractivity contribution is 9.10. The predicted octanol–water partition coefficient (Wildman–Crippen LogP) is 5.24. The number of benzene rings is 3. The Balaban J connectivity index is 1.59. The van der Waals surface area contributed by atoms with Crippen LogP contribution in [0.15, 0.2) is 71.2 Å². The van der Waals surface area contributed by atoms with Crippen molar-refractivity contribution in [3.63, 3.8) is 0 Å². The third kappa shape index (κ3) is 4.35. The molecule has 1 fully saturated rings. The standard InChI is InChI=1S/C24H16BrClN2O4/c25-15-7-10-20(18(13-15)23(31)17-3-1-2-4-19(17)26)27-24(32)14-5-8-16(9-6-14)28-21(29)11-12-22(28)30/h1-10,13H,11-12H2,(H,27,32). The fraction of sp³-hybridized carbons (Fsp3) is 0.0833. The Hall–Kier alpha value is -3.29. The molecule has 0 aromatic heterocycles. The molecule has 160 valence electrons. The maximum Gasteiger partial charge on any atom is 0.255 e. The molecule has 1 N–H and O–H groups in total. The Morgan fingerprint density at radius 2 is 1.53 bits per heavy atom. The monoisotopic (exact) mass is 510 g/mol. The van der Waals surface area contributed by atoms with E-state index in [1.807, 2.05) is 0 Å². The van der Waals surface area contributed by atoms with Gasteiger partial charge in [0.05, 0.1) is 16.4 Å². The van der Waals surface area contributed by atoms with Gasteiger partial charge in [0.2, 0.25) is 11.8 Å². The molecule has 1 heterocycles. The second kappa shape index (κ2) is 9.06. The van der Waals surface area contributed by atoms with Crippen LogP contribution in [0.4, 0.5) is 11.4 Å². The zero-order valence-electron chi connectivity index (χ0n) is 16.6. The van der Waals surface area contributed by atoms with Crippen LogP contribution in [0.3, 0.4) is 0 Å². The van der Waals surface area contributed by atoms with Gasteiger partial charge in [-0.2, -0.15) is 0 Å². The number of rotatable bonds is 5. The summed E-state index contributed by atoms with van der Waals surface area (Å²) >= 11 is 9.54. The average molecular weight is 512 g/mol. The van der Waals surface area contributed by atoms with Gasteiger partial charge < -0.3 is 5.32 Å². The number of hydrogen-bond donors (Lipinski definition) is 1. The molecule has 1 aliphatic rings. The van der Waals surface area contributed by atoms with Crippen molar-refractivity contribution in [2.24, 2.45) is 0 Å². The summed E-state index contributed by atoms with van der Waals surface area (Å²) in [6, 6.07) is 17.8. The Labute approximate surface area is 197 Å². The predicted molar refractivity (Wildman–Crippen MR) is 125 cm³/mol. The van der Waals surface area contributed by atoms with Crippen molar-refractivity contribution >= 4 is 62.4 Å². The van der Waals surface area contributed by atoms with Crippen LogP contribution < -0.4 is 10.2 Å². The highest BCUT2D eigenvalue weighted by Crippen LogP contribution is 2.28. The first-order valence-corrected chi connectivity index (χ1v) is 10.9. The van der Waals surface area contributed by atoms with Gasteiger partial charge in [0.15, 0.2) is 5.78 Å². The summed E-state index contributed by atoms with van der Waals surface area (Å²) in [7, 11) is 0. The van der Waals surface area contributed by atoms with Gasteiger partial charge in [-0.05, 0) is 54.6 Å². The molecule has 1 saturated heterocycles. The van der Waals surface area contributed by atoms with Gasteiger partial charge in [0.1, 0.15) is 0 Å². The van der Waals surface area contributed by atoms with Crippen LogP contribution in [0.5, 0.6) is 0 Å². The van der Waals surface area contributed by atoms with Crippen molar-refractivity contribution in [2.45, 2.75) is 12.8 Å². The van der Waals surface area contributed by atoms with Crippen molar-refractivity contribution in [1.29, 1.82) is 0 Å². The molecule has 3 aromatic carbocycles. The molecule has 8 heteroatoms. The molecular formula is C24H16BrClN2O4. The zero-order valence-corrected chi connectivity index (χ0v) is 18.9. The van der Waals surface area contributed by atoms with Crippen LogP contribution >= 0.6 is 27.5 Å². The molecule has 0 atom stereocenters. The lowest BCUT2D eigenvalue weighted by atomic mass is 10.0. The molecule has 0 aliphatic carbocycles. The van der Waals surface area contributed by atoms with Crippen LogP contribution in [0.1, 0.15) is 39.1 Å². The quantitative estimate of drug-likeness (QED) is 0.375. The highest BCUT2D eigenvalue weighted by Gasteiger charge is 2.30. The van der Waals surface area contributed by atoms with Gasteiger partial charge in [-0.25, -0.2) is 0 Å². The summed E-state index contributed by atoms with van der Waals surface area (Å²) < 4.78 is 0.676. The summed E-state index contributed by atoms with van der Waals surface area (Å²) in [6.07, 6.45) is 0.375. The molecule has 3 amide bonds. The molecular weight excluding hydrogens is 496 g/mol. The topological polar surface area (TPSA) is 83.6 Å². The maximum atomic E-state index is 13.1. The summed E-state index contributed by atoms with van der Waals surface area (Å²) in [5, 5.41) is 3.08. The summed E-state index contributed by atoms with van der Waals surface area (Å²) in [6.45, 7) is 0. The maximum absolute atomic E-state index is 13.1. The summed E-state index contributed by atoms with van der Waals surface area (Å²) in [5.74, 6) is -1.28. The SMILES string of the molecule is O=C(Nc1ccc(Br)cc1C(=O)c1ccccc1Cl)c1ccc(N2C(=O)CCC2=O)cc1. The van der Waals surface area contributed by atoms with Crippen molar-refractivity contribution in [3.8, 4) is 0 Å². The van der Waals surface area contributed by atoms with E-state index < -0.39 is 5.91 Å². The molecule has 6 nitrogen and oxygen atoms in total. The van der Waals surface area contributed by atoms with Crippen LogP contribution in [0.2, 0.25) is 5.02 Å². The molecule has 0 radical (unpaired) electrons. The number of ketones is 1. The number of hydrogen-bond acceptors (Lipinski definition) is 4. The van der Waals surface area contributed by atoms with Gasteiger partial charge in [-0.1, -0.05) is 39.7 Å². The van der Waals surface area contributed by atoms with E-state index in [-0.39, 0.29) is 36.0 Å². The van der Waals surface area contributed by atoms with Crippen molar-refractivity contribution < 1.29 is 19.2 Å². The fourth-order valence-electron chi connectivity index (χ4n) is 3.42. The van der Waals surface area contributed by atoms with Gasteiger partial charge >= 0.3 is 0 Å². The second-order valence-electron chi connectivity index (χ2n) is 7.12. The van der Waals surface area contributed by atoms with E-state index in [4.69, 9.17) is 11.6 Å². The molecule has 1 aliphatic heterocycles. The largest absolute Gasteiger partial charge is 0.321 e. The number of amides is 3. The molecule has 3 aromatic rings. The Morgan fingerprint density at radius 1 is 0.875 bits per heavy atom. The second-order valence-corrected chi connectivity index (χ2v) is 8.45. The third-order valence-corrected chi connectivity index (χ3v) is 5.85. The minimum Gasteiger partial charge on any atom is -0.321 e. The highest BCUT2D eigenvalue weighted by atomic mass is 79.9. The summed E-state index contributed by atoms with van der Waals surface area (Å²) in [5.41, 5.74) is 1.68. The number of nitrogens with zero attached hydrogens (tertiary/aromatic N) is 1. The first-order valence-electron chi connectivity index (χ1n) is 9.71. The van der Waals surface area contributed by atoms with Gasteiger partial charge in [0, 0.05) is 34.0 Å². The van der Waals surface area contributed by atoms with Crippen molar-refractivity contribution in [2.75, 3.05) is 10.2 Å². The molecule has 0 spiro atoms. The lowest BCUT2D eigenvalue weighted by Crippen LogP contribution is -2.28. The van der Waals surface area contributed by atoms with E-state index in [2.05, 4.69) is 21.2 Å². The summed E-state index contributed by atoms with van der Waals surface area (Å²) in [4.78, 5) is 50.8. The molecule has 32 heavy (non-hydrogen) atoms. The fourth-order valence-corrected chi connectivity index (χ4v) is 4.01. The molecule has 0 unspecified atom stereocenters. The lowest BCUT2D eigenvalue weighted by molar-refractivity contribution is -0.121. The van der Waals surface area contributed by atoms with E-state index in [0.29, 0.717) is 32.0 Å². The lowest BCUT2D eigenvalue weighted by Gasteiger charge is -2.15. The van der Waals surface area contributed by atoms with Crippen LogP contribution in [-0.2, 0) is 9.59 Å². The van der Waals surface area contributed by atoms with Crippen LogP contribution in [-0.4, -0.2) is 23.5 Å². The Bertz CT molecular complexity index is 1240. The van der Waals surface area contributed by atoms with Crippen LogP contribution in [0, 0.1) is 0 Å². The Morgan fingerprint density at radius 3 is 2.19 bits per heavy atom. The number of nitrogens with one attached hydrogen (secondary N) is 1. The minimum atomic E-state index is -0.439. The number of anilines is 2. The van der Waals surface area contributed by atoms with Crippen molar-refractivity contribution in [3.05, 3.63) is 92.9 Å². The number of halogens is 2. The average Bonchev–Trinajstić information content (AvgIpc) is 3.13. The van der Waals surface area contributed by atoms with Crippen LogP contribution in [0.25, 0.3) is 0 Å². The molecule has 4 rings (SSSR count). The van der Waals surface area contributed by atoms with Gasteiger partial charge in [-0.15, -0.1) is 0 Å². The zero-order chi connectivity index (χ0) is 22.8. The van der Waals surface area contributed by atoms with E-state index in [1.54, 1.807) is 54.6 Å².